The van der Waals surface area contributed by atoms with Crippen molar-refractivity contribution >= 4 is 23.4 Å². The molecule has 1 aromatic carbocycles. The van der Waals surface area contributed by atoms with Crippen molar-refractivity contribution in [3.63, 3.8) is 0 Å². The van der Waals surface area contributed by atoms with Crippen molar-refractivity contribution in [3.05, 3.63) is 46.6 Å². The fourth-order valence-corrected chi connectivity index (χ4v) is 2.07. The third-order valence-corrected chi connectivity index (χ3v) is 3.40. The minimum Gasteiger partial charge on any atom is -0.367 e. The van der Waals surface area contributed by atoms with E-state index in [9.17, 15) is 0 Å². The first kappa shape index (κ1) is 13.2. The minimum absolute atomic E-state index is 0.591. The van der Waals surface area contributed by atoms with Crippen LogP contribution in [-0.4, -0.2) is 16.0 Å². The van der Waals surface area contributed by atoms with Crippen LogP contribution in [0.2, 0.25) is 5.02 Å². The SMILES string of the molecule is Cc1cc(NC2CC2)nc(NCc2ccc(Cl)cc2)n1. The second kappa shape index (κ2) is 5.67. The second-order valence-electron chi connectivity index (χ2n) is 5.12. The highest BCUT2D eigenvalue weighted by Gasteiger charge is 2.21. The standard InChI is InChI=1S/C15H17ClN4/c1-10-8-14(19-13-6-7-13)20-15(18-10)17-9-11-2-4-12(16)5-3-11/h2-5,8,13H,6-7,9H2,1H3,(H2,17,18,19,20). The molecule has 0 amide bonds. The van der Waals surface area contributed by atoms with Crippen molar-refractivity contribution < 1.29 is 0 Å². The molecule has 5 heteroatoms. The van der Waals surface area contributed by atoms with Crippen LogP contribution in [0.15, 0.2) is 30.3 Å². The van der Waals surface area contributed by atoms with Crippen LogP contribution in [-0.2, 0) is 6.54 Å². The maximum absolute atomic E-state index is 5.87. The van der Waals surface area contributed by atoms with Crippen LogP contribution in [0.4, 0.5) is 11.8 Å². The van der Waals surface area contributed by atoms with Crippen LogP contribution in [0, 0.1) is 6.92 Å². The van der Waals surface area contributed by atoms with Crippen molar-refractivity contribution in [2.75, 3.05) is 10.6 Å². The summed E-state index contributed by atoms with van der Waals surface area (Å²) in [4.78, 5) is 8.89. The van der Waals surface area contributed by atoms with Crippen LogP contribution in [0.3, 0.4) is 0 Å². The topological polar surface area (TPSA) is 49.8 Å². The molecule has 1 fully saturated rings. The van der Waals surface area contributed by atoms with Gasteiger partial charge in [0.25, 0.3) is 0 Å². The summed E-state index contributed by atoms with van der Waals surface area (Å²) in [7, 11) is 0. The van der Waals surface area contributed by atoms with Gasteiger partial charge in [-0.05, 0) is 37.5 Å². The number of hydrogen-bond donors (Lipinski definition) is 2. The monoisotopic (exact) mass is 288 g/mol. The summed E-state index contributed by atoms with van der Waals surface area (Å²) >= 11 is 5.87. The van der Waals surface area contributed by atoms with Crippen LogP contribution in [0.5, 0.6) is 0 Å². The number of benzene rings is 1. The molecule has 104 valence electrons. The molecule has 0 atom stereocenters. The zero-order chi connectivity index (χ0) is 13.9. The molecule has 1 aromatic heterocycles. The summed E-state index contributed by atoms with van der Waals surface area (Å²) in [5, 5.41) is 7.39. The fraction of sp³-hybridized carbons (Fsp3) is 0.333. The fourth-order valence-electron chi connectivity index (χ4n) is 1.94. The molecule has 1 saturated carbocycles. The Bertz CT molecular complexity index is 593. The van der Waals surface area contributed by atoms with E-state index in [4.69, 9.17) is 11.6 Å². The van der Waals surface area contributed by atoms with Gasteiger partial charge in [-0.3, -0.25) is 0 Å². The third kappa shape index (κ3) is 3.61. The molecule has 0 saturated heterocycles. The lowest BCUT2D eigenvalue weighted by atomic mass is 10.2. The maximum Gasteiger partial charge on any atom is 0.225 e. The van der Waals surface area contributed by atoms with Gasteiger partial charge in [-0.1, -0.05) is 23.7 Å². The number of rotatable bonds is 5. The molecule has 2 aromatic rings. The molecule has 3 rings (SSSR count). The van der Waals surface area contributed by atoms with Gasteiger partial charge < -0.3 is 10.6 Å². The number of hydrogen-bond acceptors (Lipinski definition) is 4. The van der Waals surface area contributed by atoms with Gasteiger partial charge in [-0.2, -0.15) is 4.98 Å². The average Bonchev–Trinajstić information content (AvgIpc) is 3.21. The first-order valence-electron chi connectivity index (χ1n) is 6.79. The molecule has 0 unspecified atom stereocenters. The molecule has 0 aliphatic heterocycles. The Morgan fingerprint density at radius 3 is 2.65 bits per heavy atom. The van der Waals surface area contributed by atoms with Crippen molar-refractivity contribution in [2.24, 2.45) is 0 Å². The lowest BCUT2D eigenvalue weighted by Crippen LogP contribution is -2.09. The van der Waals surface area contributed by atoms with Gasteiger partial charge >= 0.3 is 0 Å². The normalized spacial score (nSPS) is 14.1. The van der Waals surface area contributed by atoms with Gasteiger partial charge in [-0.25, -0.2) is 4.98 Å². The minimum atomic E-state index is 0.591. The molecular weight excluding hydrogens is 272 g/mol. The number of aromatic nitrogens is 2. The molecule has 20 heavy (non-hydrogen) atoms. The van der Waals surface area contributed by atoms with Crippen molar-refractivity contribution in [3.8, 4) is 0 Å². The largest absolute Gasteiger partial charge is 0.367 e. The van der Waals surface area contributed by atoms with Gasteiger partial charge in [0.15, 0.2) is 0 Å². The molecule has 1 heterocycles. The Morgan fingerprint density at radius 2 is 1.95 bits per heavy atom. The average molecular weight is 289 g/mol. The molecule has 1 aliphatic rings. The highest BCUT2D eigenvalue weighted by Crippen LogP contribution is 2.24. The Morgan fingerprint density at radius 1 is 1.20 bits per heavy atom. The molecule has 1 aliphatic carbocycles. The van der Waals surface area contributed by atoms with E-state index < -0.39 is 0 Å². The Balaban J connectivity index is 1.66. The van der Waals surface area contributed by atoms with Crippen molar-refractivity contribution in [2.45, 2.75) is 32.4 Å². The quantitative estimate of drug-likeness (QED) is 0.882. The lowest BCUT2D eigenvalue weighted by Gasteiger charge is -2.09. The number of nitrogens with one attached hydrogen (secondary N) is 2. The predicted molar refractivity (Wildman–Crippen MR) is 82.2 cm³/mol. The van der Waals surface area contributed by atoms with Gasteiger partial charge in [-0.15, -0.1) is 0 Å². The van der Waals surface area contributed by atoms with Crippen LogP contribution >= 0.6 is 11.6 Å². The highest BCUT2D eigenvalue weighted by atomic mass is 35.5. The summed E-state index contributed by atoms with van der Waals surface area (Å²) in [5.74, 6) is 1.56. The van der Waals surface area contributed by atoms with Crippen molar-refractivity contribution in [1.82, 2.24) is 9.97 Å². The molecule has 4 nitrogen and oxygen atoms in total. The molecule has 0 radical (unpaired) electrons. The smallest absolute Gasteiger partial charge is 0.225 e. The van der Waals surface area contributed by atoms with Crippen molar-refractivity contribution in [1.29, 1.82) is 0 Å². The summed E-state index contributed by atoms with van der Waals surface area (Å²) in [6.45, 7) is 2.66. The van der Waals surface area contributed by atoms with E-state index in [1.54, 1.807) is 0 Å². The van der Waals surface area contributed by atoms with E-state index in [-0.39, 0.29) is 0 Å². The number of anilines is 2. The zero-order valence-electron chi connectivity index (χ0n) is 11.4. The molecule has 0 spiro atoms. The van der Waals surface area contributed by atoms with E-state index >= 15 is 0 Å². The number of nitrogens with zero attached hydrogens (tertiary/aromatic N) is 2. The number of aryl methyl sites for hydroxylation is 1. The summed E-state index contributed by atoms with van der Waals surface area (Å²) in [5.41, 5.74) is 2.11. The Kier molecular flexibility index (Phi) is 3.74. The second-order valence-corrected chi connectivity index (χ2v) is 5.55. The van der Waals surface area contributed by atoms with E-state index in [2.05, 4.69) is 20.6 Å². The van der Waals surface area contributed by atoms with Gasteiger partial charge in [0, 0.05) is 29.4 Å². The molecule has 0 bridgehead atoms. The van der Waals surface area contributed by atoms with Crippen LogP contribution < -0.4 is 10.6 Å². The summed E-state index contributed by atoms with van der Waals surface area (Å²) < 4.78 is 0. The Hall–Kier alpha value is -1.81. The van der Waals surface area contributed by atoms with Crippen LogP contribution in [0.1, 0.15) is 24.1 Å². The predicted octanol–water partition coefficient (Wildman–Crippen LogP) is 3.62. The van der Waals surface area contributed by atoms with E-state index in [1.807, 2.05) is 37.3 Å². The molecular formula is C15H17ClN4. The van der Waals surface area contributed by atoms with Gasteiger partial charge in [0.05, 0.1) is 0 Å². The van der Waals surface area contributed by atoms with E-state index in [0.29, 0.717) is 18.5 Å². The summed E-state index contributed by atoms with van der Waals surface area (Å²) in [6.07, 6.45) is 2.47. The Labute approximate surface area is 123 Å². The summed E-state index contributed by atoms with van der Waals surface area (Å²) in [6, 6.07) is 10.3. The third-order valence-electron chi connectivity index (χ3n) is 3.15. The van der Waals surface area contributed by atoms with E-state index in [0.717, 1.165) is 22.1 Å². The lowest BCUT2D eigenvalue weighted by molar-refractivity contribution is 1.01. The van der Waals surface area contributed by atoms with E-state index in [1.165, 1.54) is 12.8 Å². The molecule has 2 N–H and O–H groups in total. The number of halogens is 1. The zero-order valence-corrected chi connectivity index (χ0v) is 12.1. The maximum atomic E-state index is 5.87. The highest BCUT2D eigenvalue weighted by molar-refractivity contribution is 6.30. The first-order valence-corrected chi connectivity index (χ1v) is 7.17. The van der Waals surface area contributed by atoms with Gasteiger partial charge in [0.1, 0.15) is 5.82 Å². The van der Waals surface area contributed by atoms with Gasteiger partial charge in [0.2, 0.25) is 5.95 Å². The van der Waals surface area contributed by atoms with Crippen LogP contribution in [0.25, 0.3) is 0 Å². The first-order chi connectivity index (χ1) is 9.69.